The molecule has 220 valence electrons. The van der Waals surface area contributed by atoms with E-state index in [0.717, 1.165) is 0 Å². The van der Waals surface area contributed by atoms with Crippen LogP contribution in [0.2, 0.25) is 10.0 Å². The Morgan fingerprint density at radius 2 is 1.81 bits per heavy atom. The number of carbonyl (C=O) groups is 3. The fraction of sp³-hybridized carbons (Fsp3) is 0.344. The van der Waals surface area contributed by atoms with E-state index in [4.69, 9.17) is 32.7 Å². The van der Waals surface area contributed by atoms with Crippen LogP contribution in [0.15, 0.2) is 60.7 Å². The number of fused-ring (bicyclic) bond motifs is 2. The maximum Gasteiger partial charge on any atom is 0.410 e. The van der Waals surface area contributed by atoms with E-state index in [1.165, 1.54) is 18.1 Å². The zero-order valence-electron chi connectivity index (χ0n) is 23.7. The van der Waals surface area contributed by atoms with Gasteiger partial charge < -0.3 is 14.8 Å². The van der Waals surface area contributed by atoms with Crippen molar-refractivity contribution in [2.45, 2.75) is 45.3 Å². The SMILES string of the molecule is COC(=O)c1ccc(COC(=O)N2C[C@@H](CC(C)(C)C)C3(C(=O)Nc4cc(Cl)ccc43)[C@H]2c2cccc(Cl)c2F)cc1. The van der Waals surface area contributed by atoms with Crippen LogP contribution in [0.4, 0.5) is 14.9 Å². The Morgan fingerprint density at radius 1 is 1.10 bits per heavy atom. The molecule has 0 radical (unpaired) electrons. The third-order valence-corrected chi connectivity index (χ3v) is 8.49. The molecule has 0 aliphatic carbocycles. The van der Waals surface area contributed by atoms with Crippen LogP contribution in [0, 0.1) is 17.2 Å². The molecule has 1 spiro atoms. The highest BCUT2D eigenvalue weighted by molar-refractivity contribution is 6.31. The number of methoxy groups -OCH3 is 1. The lowest BCUT2D eigenvalue weighted by Crippen LogP contribution is -2.46. The first-order chi connectivity index (χ1) is 19.9. The van der Waals surface area contributed by atoms with Gasteiger partial charge in [0.25, 0.3) is 0 Å². The zero-order chi connectivity index (χ0) is 30.4. The molecule has 1 fully saturated rings. The maximum absolute atomic E-state index is 15.8. The molecule has 0 saturated carbocycles. The third-order valence-electron chi connectivity index (χ3n) is 7.96. The Labute approximate surface area is 253 Å². The van der Waals surface area contributed by atoms with Gasteiger partial charge in [0.1, 0.15) is 17.8 Å². The molecule has 10 heteroatoms. The summed E-state index contributed by atoms with van der Waals surface area (Å²) in [5.74, 6) is -1.91. The lowest BCUT2D eigenvalue weighted by molar-refractivity contribution is -0.123. The average Bonchev–Trinajstić information content (AvgIpc) is 3.42. The summed E-state index contributed by atoms with van der Waals surface area (Å²) in [6.45, 7) is 6.22. The lowest BCUT2D eigenvalue weighted by Gasteiger charge is -2.38. The first-order valence-electron chi connectivity index (χ1n) is 13.5. The number of benzene rings is 3. The van der Waals surface area contributed by atoms with Gasteiger partial charge in [0.2, 0.25) is 5.91 Å². The molecule has 2 amide bonds. The normalized spacial score (nSPS) is 21.3. The van der Waals surface area contributed by atoms with Gasteiger partial charge in [-0.1, -0.05) is 74.3 Å². The van der Waals surface area contributed by atoms with Crippen LogP contribution in [0.25, 0.3) is 0 Å². The van der Waals surface area contributed by atoms with Crippen molar-refractivity contribution in [2.24, 2.45) is 11.3 Å². The van der Waals surface area contributed by atoms with Crippen molar-refractivity contribution in [3.05, 3.63) is 98.8 Å². The molecule has 1 unspecified atom stereocenters. The van der Waals surface area contributed by atoms with Crippen LogP contribution in [0.5, 0.6) is 0 Å². The standard InChI is InChI=1S/C32H31Cl2FN2O5/c1-31(2,3)15-20-16-37(30(40)42-17-18-8-10-19(11-9-18)28(38)41-4)27(22-6-5-7-24(34)26(22)35)32(20)23-13-12-21(33)14-25(23)36-29(32)39/h5-14,20,27H,15-17H2,1-4H3,(H,36,39)/t20-,27-,32?/m1/s1. The summed E-state index contributed by atoms with van der Waals surface area (Å²) in [7, 11) is 1.30. The van der Waals surface area contributed by atoms with Crippen LogP contribution in [-0.2, 0) is 26.3 Å². The summed E-state index contributed by atoms with van der Waals surface area (Å²) < 4.78 is 26.3. The van der Waals surface area contributed by atoms with Gasteiger partial charge in [0.05, 0.1) is 23.7 Å². The molecule has 2 aliphatic heterocycles. The number of ether oxygens (including phenoxy) is 2. The molecule has 0 aromatic heterocycles. The van der Waals surface area contributed by atoms with Crippen molar-refractivity contribution in [1.29, 1.82) is 0 Å². The van der Waals surface area contributed by atoms with Crippen molar-refractivity contribution in [3.8, 4) is 0 Å². The second kappa shape index (κ2) is 11.2. The van der Waals surface area contributed by atoms with E-state index >= 15 is 4.39 Å². The van der Waals surface area contributed by atoms with E-state index in [0.29, 0.717) is 33.8 Å². The smallest absolute Gasteiger partial charge is 0.410 e. The molecule has 1 saturated heterocycles. The highest BCUT2D eigenvalue weighted by atomic mass is 35.5. The Bertz CT molecular complexity index is 1560. The van der Waals surface area contributed by atoms with Gasteiger partial charge in [-0.25, -0.2) is 14.0 Å². The summed E-state index contributed by atoms with van der Waals surface area (Å²) in [6, 6.07) is 15.1. The molecule has 3 aromatic rings. The number of likely N-dealkylation sites (tertiary alicyclic amines) is 1. The number of amides is 2. The molecule has 3 aromatic carbocycles. The molecule has 5 rings (SSSR count). The van der Waals surface area contributed by atoms with Crippen LogP contribution in [0.1, 0.15) is 60.3 Å². The molecular weight excluding hydrogens is 582 g/mol. The number of rotatable bonds is 5. The van der Waals surface area contributed by atoms with E-state index in [-0.39, 0.29) is 35.1 Å². The van der Waals surface area contributed by atoms with Crippen molar-refractivity contribution >= 4 is 46.9 Å². The minimum absolute atomic E-state index is 0.100. The van der Waals surface area contributed by atoms with Gasteiger partial charge in [-0.3, -0.25) is 9.69 Å². The molecule has 3 atom stereocenters. The van der Waals surface area contributed by atoms with Crippen LogP contribution in [-0.4, -0.2) is 36.5 Å². The maximum atomic E-state index is 15.8. The topological polar surface area (TPSA) is 84.9 Å². The number of nitrogens with zero attached hydrogens (tertiary/aromatic N) is 1. The number of esters is 1. The van der Waals surface area contributed by atoms with Gasteiger partial charge in [-0.2, -0.15) is 0 Å². The number of halogens is 3. The van der Waals surface area contributed by atoms with Crippen molar-refractivity contribution in [2.75, 3.05) is 19.0 Å². The van der Waals surface area contributed by atoms with Gasteiger partial charge >= 0.3 is 12.1 Å². The monoisotopic (exact) mass is 612 g/mol. The minimum atomic E-state index is -1.33. The van der Waals surface area contributed by atoms with Crippen LogP contribution in [0.3, 0.4) is 0 Å². The summed E-state index contributed by atoms with van der Waals surface area (Å²) in [4.78, 5) is 41.3. The fourth-order valence-electron chi connectivity index (χ4n) is 6.33. The summed E-state index contributed by atoms with van der Waals surface area (Å²) in [6.07, 6.45) is -0.151. The number of hydrogen-bond acceptors (Lipinski definition) is 5. The molecule has 2 aliphatic rings. The number of carbonyl (C=O) groups excluding carboxylic acids is 3. The molecular formula is C32H31Cl2FN2O5. The van der Waals surface area contributed by atoms with Crippen LogP contribution >= 0.6 is 23.2 Å². The molecule has 0 bridgehead atoms. The second-order valence-corrected chi connectivity index (χ2v) is 12.8. The lowest BCUT2D eigenvalue weighted by atomic mass is 9.63. The zero-order valence-corrected chi connectivity index (χ0v) is 25.2. The predicted octanol–water partition coefficient (Wildman–Crippen LogP) is 7.56. The molecule has 42 heavy (non-hydrogen) atoms. The van der Waals surface area contributed by atoms with E-state index in [1.54, 1.807) is 54.6 Å². The Morgan fingerprint density at radius 3 is 2.48 bits per heavy atom. The quantitative estimate of drug-likeness (QED) is 0.301. The fourth-order valence-corrected chi connectivity index (χ4v) is 6.69. The first kappa shape index (κ1) is 29.9. The summed E-state index contributed by atoms with van der Waals surface area (Å²) in [5.41, 5.74) is 0.730. The van der Waals surface area contributed by atoms with Gasteiger partial charge in [-0.15, -0.1) is 0 Å². The largest absolute Gasteiger partial charge is 0.465 e. The molecule has 7 nitrogen and oxygen atoms in total. The Kier molecular flexibility index (Phi) is 7.98. The summed E-state index contributed by atoms with van der Waals surface area (Å²) >= 11 is 12.5. The van der Waals surface area contributed by atoms with Crippen molar-refractivity contribution < 1.29 is 28.2 Å². The Balaban J connectivity index is 1.59. The Hall–Kier alpha value is -3.62. The van der Waals surface area contributed by atoms with Gasteiger partial charge in [0, 0.05) is 22.8 Å². The molecule has 2 heterocycles. The van der Waals surface area contributed by atoms with E-state index in [2.05, 4.69) is 26.1 Å². The highest BCUT2D eigenvalue weighted by Gasteiger charge is 2.65. The van der Waals surface area contributed by atoms with Gasteiger partial charge in [-0.05, 0) is 59.2 Å². The second-order valence-electron chi connectivity index (χ2n) is 11.9. The average molecular weight is 614 g/mol. The molecule has 1 N–H and O–H groups in total. The minimum Gasteiger partial charge on any atom is -0.465 e. The van der Waals surface area contributed by atoms with Crippen molar-refractivity contribution in [3.63, 3.8) is 0 Å². The number of anilines is 1. The predicted molar refractivity (Wildman–Crippen MR) is 158 cm³/mol. The van der Waals surface area contributed by atoms with Crippen LogP contribution < -0.4 is 5.32 Å². The van der Waals surface area contributed by atoms with E-state index in [1.807, 2.05) is 0 Å². The third kappa shape index (κ3) is 5.22. The van der Waals surface area contributed by atoms with Crippen molar-refractivity contribution in [1.82, 2.24) is 4.90 Å². The highest BCUT2D eigenvalue weighted by Crippen LogP contribution is 2.60. The van der Waals surface area contributed by atoms with E-state index < -0.39 is 35.3 Å². The first-order valence-corrected chi connectivity index (χ1v) is 14.3. The van der Waals surface area contributed by atoms with E-state index in [9.17, 15) is 14.4 Å². The van der Waals surface area contributed by atoms with Gasteiger partial charge in [0.15, 0.2) is 0 Å². The summed E-state index contributed by atoms with van der Waals surface area (Å²) in [5, 5.41) is 3.29. The number of nitrogens with one attached hydrogen (secondary N) is 1. The number of hydrogen-bond donors (Lipinski definition) is 1.